The van der Waals surface area contributed by atoms with Crippen molar-refractivity contribution in [2.75, 3.05) is 0 Å². The van der Waals surface area contributed by atoms with Crippen LogP contribution in [-0.2, 0) is 0 Å². The van der Waals surface area contributed by atoms with Gasteiger partial charge < -0.3 is 4.57 Å². The Hall–Kier alpha value is -4.10. The highest BCUT2D eigenvalue weighted by Gasteiger charge is 2.15. The van der Waals surface area contributed by atoms with Gasteiger partial charge in [-0.3, -0.25) is 0 Å². The van der Waals surface area contributed by atoms with Crippen molar-refractivity contribution >= 4 is 28.6 Å². The zero-order chi connectivity index (χ0) is 22.8. The molecule has 0 aliphatic carbocycles. The van der Waals surface area contributed by atoms with Crippen LogP contribution >= 0.6 is 0 Å². The number of aryl methyl sites for hydroxylation is 1. The zero-order valence-electron chi connectivity index (χ0n) is 19.1. The SMILES string of the molecule is C=Cc1c(/C=C(\C)c2cccc(C)c2)c2ccccc2n1-c1ccc(-c2ccccc2)cc1. The Balaban J connectivity index is 1.67. The van der Waals surface area contributed by atoms with E-state index in [0.29, 0.717) is 0 Å². The second-order valence-electron chi connectivity index (χ2n) is 8.47. The van der Waals surface area contributed by atoms with Crippen LogP contribution in [0.1, 0.15) is 29.3 Å². The lowest BCUT2D eigenvalue weighted by Crippen LogP contribution is -1.97. The molecule has 0 saturated heterocycles. The minimum Gasteiger partial charge on any atom is -0.309 e. The highest BCUT2D eigenvalue weighted by atomic mass is 15.0. The maximum Gasteiger partial charge on any atom is 0.0541 e. The second-order valence-corrected chi connectivity index (χ2v) is 8.47. The standard InChI is InChI=1S/C32H27N/c1-4-31-30(22-24(3)27-14-10-11-23(2)21-27)29-15-8-9-16-32(29)33(31)28-19-17-26(18-20-28)25-12-6-5-7-13-25/h4-22H,1H2,2-3H3/b24-22+. The van der Waals surface area contributed by atoms with Crippen LogP contribution in [0.15, 0.2) is 110 Å². The van der Waals surface area contributed by atoms with Gasteiger partial charge in [0.15, 0.2) is 0 Å². The van der Waals surface area contributed by atoms with Crippen LogP contribution in [0.3, 0.4) is 0 Å². The van der Waals surface area contributed by atoms with Gasteiger partial charge in [0, 0.05) is 16.6 Å². The summed E-state index contributed by atoms with van der Waals surface area (Å²) in [6.07, 6.45) is 4.27. The average molecular weight is 426 g/mol. The summed E-state index contributed by atoms with van der Waals surface area (Å²) in [6, 6.07) is 36.5. The van der Waals surface area contributed by atoms with Crippen molar-refractivity contribution in [3.05, 3.63) is 132 Å². The molecule has 4 aromatic carbocycles. The maximum absolute atomic E-state index is 4.18. The summed E-state index contributed by atoms with van der Waals surface area (Å²) >= 11 is 0. The van der Waals surface area contributed by atoms with Crippen LogP contribution in [0.5, 0.6) is 0 Å². The number of para-hydroxylation sites is 1. The van der Waals surface area contributed by atoms with Crippen LogP contribution < -0.4 is 0 Å². The number of benzene rings is 4. The van der Waals surface area contributed by atoms with Gasteiger partial charge in [-0.25, -0.2) is 0 Å². The summed E-state index contributed by atoms with van der Waals surface area (Å²) in [5.41, 5.74) is 10.8. The summed E-state index contributed by atoms with van der Waals surface area (Å²) in [6.45, 7) is 8.50. The molecule has 0 unspecified atom stereocenters. The van der Waals surface area contributed by atoms with E-state index in [4.69, 9.17) is 0 Å². The third kappa shape index (κ3) is 3.94. The molecule has 5 rings (SSSR count). The third-order valence-corrected chi connectivity index (χ3v) is 6.21. The molecule has 0 aliphatic heterocycles. The van der Waals surface area contributed by atoms with Gasteiger partial charge >= 0.3 is 0 Å². The summed E-state index contributed by atoms with van der Waals surface area (Å²) in [5, 5.41) is 1.23. The number of aromatic nitrogens is 1. The molecule has 0 radical (unpaired) electrons. The van der Waals surface area contributed by atoms with Crippen LogP contribution in [0.4, 0.5) is 0 Å². The van der Waals surface area contributed by atoms with Crippen LogP contribution in [0.25, 0.3) is 45.4 Å². The zero-order valence-corrected chi connectivity index (χ0v) is 19.1. The van der Waals surface area contributed by atoms with E-state index < -0.39 is 0 Å². The van der Waals surface area contributed by atoms with Gasteiger partial charge in [0.25, 0.3) is 0 Å². The number of rotatable bonds is 5. The number of hydrogen-bond donors (Lipinski definition) is 0. The molecule has 0 saturated carbocycles. The summed E-state index contributed by atoms with van der Waals surface area (Å²) < 4.78 is 2.31. The second kappa shape index (κ2) is 8.80. The smallest absolute Gasteiger partial charge is 0.0541 e. The highest BCUT2D eigenvalue weighted by molar-refractivity contribution is 5.99. The van der Waals surface area contributed by atoms with Crippen molar-refractivity contribution in [3.63, 3.8) is 0 Å². The van der Waals surface area contributed by atoms with Crippen molar-refractivity contribution in [2.45, 2.75) is 13.8 Å². The third-order valence-electron chi connectivity index (χ3n) is 6.21. The fourth-order valence-electron chi connectivity index (χ4n) is 4.54. The first-order valence-corrected chi connectivity index (χ1v) is 11.3. The van der Waals surface area contributed by atoms with Crippen LogP contribution in [0, 0.1) is 6.92 Å². The molecular formula is C32H27N. The molecule has 160 valence electrons. The molecule has 0 fully saturated rings. The first kappa shape index (κ1) is 20.8. The molecular weight excluding hydrogens is 398 g/mol. The lowest BCUT2D eigenvalue weighted by Gasteiger charge is -2.11. The molecule has 33 heavy (non-hydrogen) atoms. The number of hydrogen-bond acceptors (Lipinski definition) is 0. The van der Waals surface area contributed by atoms with Crippen LogP contribution in [0.2, 0.25) is 0 Å². The predicted molar refractivity (Wildman–Crippen MR) is 144 cm³/mol. The monoisotopic (exact) mass is 425 g/mol. The predicted octanol–water partition coefficient (Wildman–Crippen LogP) is 8.81. The fourth-order valence-corrected chi connectivity index (χ4v) is 4.54. The maximum atomic E-state index is 4.18. The summed E-state index contributed by atoms with van der Waals surface area (Å²) in [4.78, 5) is 0. The molecule has 1 heteroatoms. The van der Waals surface area contributed by atoms with E-state index >= 15 is 0 Å². The van der Waals surface area contributed by atoms with Crippen molar-refractivity contribution in [2.24, 2.45) is 0 Å². The Kier molecular flexibility index (Phi) is 5.54. The van der Waals surface area contributed by atoms with Gasteiger partial charge in [0.2, 0.25) is 0 Å². The number of fused-ring (bicyclic) bond motifs is 1. The number of allylic oxidation sites excluding steroid dienone is 1. The van der Waals surface area contributed by atoms with Gasteiger partial charge in [0.1, 0.15) is 0 Å². The number of nitrogens with zero attached hydrogens (tertiary/aromatic N) is 1. The molecule has 0 bridgehead atoms. The molecule has 5 aromatic rings. The summed E-state index contributed by atoms with van der Waals surface area (Å²) in [7, 11) is 0. The van der Waals surface area contributed by atoms with Crippen molar-refractivity contribution in [1.82, 2.24) is 4.57 Å². The minimum atomic E-state index is 1.11. The molecule has 0 atom stereocenters. The molecule has 0 amide bonds. The lowest BCUT2D eigenvalue weighted by atomic mass is 10.0. The van der Waals surface area contributed by atoms with E-state index in [1.54, 1.807) is 0 Å². The molecule has 0 aliphatic rings. The van der Waals surface area contributed by atoms with Gasteiger partial charge in [-0.15, -0.1) is 0 Å². The van der Waals surface area contributed by atoms with Crippen LogP contribution in [-0.4, -0.2) is 4.57 Å². The molecule has 0 spiro atoms. The van der Waals surface area contributed by atoms with Gasteiger partial charge in [-0.2, -0.15) is 0 Å². The quantitative estimate of drug-likeness (QED) is 0.265. The highest BCUT2D eigenvalue weighted by Crippen LogP contribution is 2.34. The van der Waals surface area contributed by atoms with E-state index in [2.05, 4.69) is 128 Å². The molecule has 1 nitrogen and oxygen atoms in total. The first-order valence-electron chi connectivity index (χ1n) is 11.3. The van der Waals surface area contributed by atoms with E-state index in [9.17, 15) is 0 Å². The minimum absolute atomic E-state index is 1.11. The van der Waals surface area contributed by atoms with Crippen molar-refractivity contribution < 1.29 is 0 Å². The Morgan fingerprint density at radius 1 is 0.758 bits per heavy atom. The van der Waals surface area contributed by atoms with E-state index in [1.807, 2.05) is 12.1 Å². The molecule has 0 N–H and O–H groups in total. The average Bonchev–Trinajstić information content (AvgIpc) is 3.18. The first-order chi connectivity index (χ1) is 16.2. The largest absolute Gasteiger partial charge is 0.309 e. The Morgan fingerprint density at radius 3 is 2.18 bits per heavy atom. The Labute approximate surface area is 196 Å². The van der Waals surface area contributed by atoms with Gasteiger partial charge in [0.05, 0.1) is 11.2 Å². The van der Waals surface area contributed by atoms with E-state index in [-0.39, 0.29) is 0 Å². The Morgan fingerprint density at radius 2 is 1.45 bits per heavy atom. The van der Waals surface area contributed by atoms with E-state index in [0.717, 1.165) is 11.4 Å². The molecule has 1 aromatic heterocycles. The summed E-state index contributed by atoms with van der Waals surface area (Å²) in [5.74, 6) is 0. The molecule has 1 heterocycles. The van der Waals surface area contributed by atoms with E-state index in [1.165, 1.54) is 44.3 Å². The Bertz CT molecular complexity index is 1460. The lowest BCUT2D eigenvalue weighted by molar-refractivity contribution is 1.11. The van der Waals surface area contributed by atoms with Crippen molar-refractivity contribution in [3.8, 4) is 16.8 Å². The topological polar surface area (TPSA) is 4.93 Å². The normalized spacial score (nSPS) is 11.6. The van der Waals surface area contributed by atoms with Crippen molar-refractivity contribution in [1.29, 1.82) is 0 Å². The van der Waals surface area contributed by atoms with Gasteiger partial charge in [-0.1, -0.05) is 97.1 Å². The van der Waals surface area contributed by atoms with Gasteiger partial charge in [-0.05, 0) is 66.5 Å². The fraction of sp³-hybridized carbons (Fsp3) is 0.0625.